The Hall–Kier alpha value is -4.64. The van der Waals surface area contributed by atoms with Gasteiger partial charge < -0.3 is 14.2 Å². The number of benzene rings is 3. The maximum Gasteiger partial charge on any atom is 0.282 e. The maximum absolute atomic E-state index is 13.7. The topological polar surface area (TPSA) is 98.7 Å². The number of aromatic nitrogens is 2. The fourth-order valence-corrected chi connectivity index (χ4v) is 4.30. The minimum atomic E-state index is -0.273. The molecule has 0 fully saturated rings. The van der Waals surface area contributed by atoms with Gasteiger partial charge in [-0.2, -0.15) is 15.0 Å². The Morgan fingerprint density at radius 2 is 1.74 bits per heavy atom. The van der Waals surface area contributed by atoms with Gasteiger partial charge in [-0.1, -0.05) is 26.0 Å². The first-order valence-electron chi connectivity index (χ1n) is 13.0. The number of hydrogen-bond acceptors (Lipinski definition) is 7. The predicted molar refractivity (Wildman–Crippen MR) is 153 cm³/mol. The molecular weight excluding hydrogens is 492 g/mol. The van der Waals surface area contributed by atoms with E-state index in [-0.39, 0.29) is 18.1 Å². The van der Waals surface area contributed by atoms with Crippen LogP contribution in [0.2, 0.25) is 0 Å². The van der Waals surface area contributed by atoms with Gasteiger partial charge in [-0.25, -0.2) is 4.98 Å². The van der Waals surface area contributed by atoms with Crippen LogP contribution in [0.25, 0.3) is 22.3 Å². The lowest BCUT2D eigenvalue weighted by Gasteiger charge is -2.18. The molecule has 1 heterocycles. The summed E-state index contributed by atoms with van der Waals surface area (Å²) in [6, 6.07) is 18.5. The van der Waals surface area contributed by atoms with Crippen LogP contribution in [-0.2, 0) is 0 Å². The summed E-state index contributed by atoms with van der Waals surface area (Å²) >= 11 is 0. The van der Waals surface area contributed by atoms with Gasteiger partial charge >= 0.3 is 0 Å². The Morgan fingerprint density at radius 1 is 1.00 bits per heavy atom. The molecule has 0 saturated carbocycles. The minimum Gasteiger partial charge on any atom is -0.494 e. The molecule has 0 N–H and O–H groups in total. The summed E-state index contributed by atoms with van der Waals surface area (Å²) in [7, 11) is 0. The molecule has 0 aliphatic carbocycles. The van der Waals surface area contributed by atoms with E-state index in [0.717, 1.165) is 22.4 Å². The third-order valence-electron chi connectivity index (χ3n) is 6.16. The van der Waals surface area contributed by atoms with Crippen molar-refractivity contribution in [2.75, 3.05) is 19.8 Å². The van der Waals surface area contributed by atoms with Gasteiger partial charge in [0.15, 0.2) is 23.9 Å². The Balaban J connectivity index is 1.89. The molecule has 4 rings (SSSR count). The van der Waals surface area contributed by atoms with Crippen molar-refractivity contribution in [3.63, 3.8) is 0 Å². The second-order valence-corrected chi connectivity index (χ2v) is 9.19. The first-order valence-corrected chi connectivity index (χ1v) is 13.0. The van der Waals surface area contributed by atoms with E-state index in [1.807, 2.05) is 57.2 Å². The van der Waals surface area contributed by atoms with Gasteiger partial charge in [0.05, 0.1) is 30.3 Å². The number of nitrogens with zero attached hydrogens (tertiary/aromatic N) is 4. The Labute approximate surface area is 228 Å². The molecule has 0 unspecified atom stereocenters. The fourth-order valence-electron chi connectivity index (χ4n) is 4.30. The van der Waals surface area contributed by atoms with Crippen molar-refractivity contribution in [1.82, 2.24) is 9.66 Å². The SMILES string of the molecule is CCOc1cc(C=Nn2c(-c3cc(C(C)C)c(OCC)cc3C)nc3ccccc3c2=O)ccc1OCC#N. The first-order chi connectivity index (χ1) is 18.9. The van der Waals surface area contributed by atoms with Gasteiger partial charge in [0, 0.05) is 5.56 Å². The molecule has 0 spiro atoms. The number of nitriles is 1. The van der Waals surface area contributed by atoms with Gasteiger partial charge in [0.25, 0.3) is 5.56 Å². The summed E-state index contributed by atoms with van der Waals surface area (Å²) in [6.45, 7) is 10.9. The summed E-state index contributed by atoms with van der Waals surface area (Å²) < 4.78 is 18.4. The smallest absolute Gasteiger partial charge is 0.282 e. The summed E-state index contributed by atoms with van der Waals surface area (Å²) in [5, 5.41) is 13.9. The molecule has 3 aromatic carbocycles. The van der Waals surface area contributed by atoms with Gasteiger partial charge in [0.1, 0.15) is 11.8 Å². The zero-order valence-corrected chi connectivity index (χ0v) is 22.9. The Kier molecular flexibility index (Phi) is 8.62. The highest BCUT2D eigenvalue weighted by atomic mass is 16.5. The van der Waals surface area contributed by atoms with Crippen molar-refractivity contribution in [1.29, 1.82) is 5.26 Å². The van der Waals surface area contributed by atoms with Gasteiger partial charge in [0.2, 0.25) is 0 Å². The molecule has 39 heavy (non-hydrogen) atoms. The molecular formula is C31H32N4O4. The molecule has 200 valence electrons. The van der Waals surface area contributed by atoms with Crippen LogP contribution in [0.15, 0.2) is 64.5 Å². The summed E-state index contributed by atoms with van der Waals surface area (Å²) in [6.07, 6.45) is 1.59. The average Bonchev–Trinajstić information content (AvgIpc) is 2.92. The van der Waals surface area contributed by atoms with Crippen LogP contribution in [0.3, 0.4) is 0 Å². The molecule has 0 atom stereocenters. The second kappa shape index (κ2) is 12.3. The summed E-state index contributed by atoms with van der Waals surface area (Å²) in [5.41, 5.74) is 3.78. The van der Waals surface area contributed by atoms with E-state index in [4.69, 9.17) is 24.5 Å². The second-order valence-electron chi connectivity index (χ2n) is 9.19. The molecule has 8 nitrogen and oxygen atoms in total. The third-order valence-corrected chi connectivity index (χ3v) is 6.16. The van der Waals surface area contributed by atoms with E-state index in [9.17, 15) is 4.79 Å². The number of ether oxygens (including phenoxy) is 3. The molecule has 0 aliphatic heterocycles. The van der Waals surface area contributed by atoms with Crippen molar-refractivity contribution >= 4 is 17.1 Å². The van der Waals surface area contributed by atoms with Gasteiger partial charge in [-0.05, 0) is 85.8 Å². The largest absolute Gasteiger partial charge is 0.494 e. The predicted octanol–water partition coefficient (Wildman–Crippen LogP) is 6.08. The van der Waals surface area contributed by atoms with Crippen molar-refractivity contribution < 1.29 is 14.2 Å². The van der Waals surface area contributed by atoms with Crippen LogP contribution >= 0.6 is 0 Å². The van der Waals surface area contributed by atoms with E-state index in [0.29, 0.717) is 47.0 Å². The van der Waals surface area contributed by atoms with E-state index in [1.54, 1.807) is 30.5 Å². The van der Waals surface area contributed by atoms with Crippen molar-refractivity contribution in [3.8, 4) is 34.7 Å². The van der Waals surface area contributed by atoms with E-state index < -0.39 is 0 Å². The van der Waals surface area contributed by atoms with Crippen LogP contribution in [0.4, 0.5) is 0 Å². The van der Waals surface area contributed by atoms with Gasteiger partial charge in [-0.15, -0.1) is 0 Å². The summed E-state index contributed by atoms with van der Waals surface area (Å²) in [4.78, 5) is 18.6. The first kappa shape index (κ1) is 27.4. The van der Waals surface area contributed by atoms with Crippen LogP contribution in [-0.4, -0.2) is 35.7 Å². The maximum atomic E-state index is 13.7. The quantitative estimate of drug-likeness (QED) is 0.233. The number of aryl methyl sites for hydroxylation is 1. The van der Waals surface area contributed by atoms with Crippen LogP contribution in [0.5, 0.6) is 17.2 Å². The summed E-state index contributed by atoms with van der Waals surface area (Å²) in [5.74, 6) is 2.43. The lowest BCUT2D eigenvalue weighted by Crippen LogP contribution is -2.21. The number of hydrogen-bond donors (Lipinski definition) is 0. The molecule has 0 bridgehead atoms. The molecule has 0 radical (unpaired) electrons. The van der Waals surface area contributed by atoms with E-state index >= 15 is 0 Å². The highest BCUT2D eigenvalue weighted by Crippen LogP contribution is 2.34. The van der Waals surface area contributed by atoms with Crippen LogP contribution in [0, 0.1) is 18.3 Å². The lowest BCUT2D eigenvalue weighted by atomic mass is 9.96. The van der Waals surface area contributed by atoms with E-state index in [1.165, 1.54) is 4.68 Å². The number of para-hydroxylation sites is 1. The zero-order chi connectivity index (χ0) is 27.9. The lowest BCUT2D eigenvalue weighted by molar-refractivity contribution is 0.298. The molecule has 0 saturated heterocycles. The van der Waals surface area contributed by atoms with Crippen molar-refractivity contribution in [2.24, 2.45) is 5.10 Å². The minimum absolute atomic E-state index is 0.0885. The number of fused-ring (bicyclic) bond motifs is 1. The standard InChI is InChI=1S/C31H32N4O4/c1-6-37-28-16-21(5)25(18-24(28)20(3)4)30-34-26-11-9-8-10-23(26)31(36)35(30)33-19-22-12-13-27(39-15-14-32)29(17-22)38-7-2/h8-13,16-20H,6-7,15H2,1-5H3. The Morgan fingerprint density at radius 3 is 2.46 bits per heavy atom. The molecule has 0 aliphatic rings. The molecule has 4 aromatic rings. The van der Waals surface area contributed by atoms with Crippen LogP contribution in [0.1, 0.15) is 50.3 Å². The number of rotatable bonds is 10. The Bertz CT molecular complexity index is 1620. The zero-order valence-electron chi connectivity index (χ0n) is 22.9. The fraction of sp³-hybridized carbons (Fsp3) is 0.290. The third kappa shape index (κ3) is 5.93. The normalized spacial score (nSPS) is 11.2. The molecule has 8 heteroatoms. The average molecular weight is 525 g/mol. The highest BCUT2D eigenvalue weighted by molar-refractivity contribution is 5.83. The molecule has 0 amide bonds. The van der Waals surface area contributed by atoms with Gasteiger partial charge in [-0.3, -0.25) is 4.79 Å². The van der Waals surface area contributed by atoms with E-state index in [2.05, 4.69) is 18.9 Å². The van der Waals surface area contributed by atoms with Crippen molar-refractivity contribution in [3.05, 3.63) is 81.6 Å². The van der Waals surface area contributed by atoms with Crippen molar-refractivity contribution in [2.45, 2.75) is 40.5 Å². The van der Waals surface area contributed by atoms with Crippen LogP contribution < -0.4 is 19.8 Å². The molecule has 1 aromatic heterocycles. The highest BCUT2D eigenvalue weighted by Gasteiger charge is 2.18. The monoisotopic (exact) mass is 524 g/mol.